The Balaban J connectivity index is 2.14. The first-order valence-electron chi connectivity index (χ1n) is 7.54. The van der Waals surface area contributed by atoms with E-state index in [-0.39, 0.29) is 5.56 Å². The van der Waals surface area contributed by atoms with E-state index in [4.69, 9.17) is 9.47 Å². The summed E-state index contributed by atoms with van der Waals surface area (Å²) in [6, 6.07) is 13.4. The summed E-state index contributed by atoms with van der Waals surface area (Å²) in [5, 5.41) is 9.74. The van der Waals surface area contributed by atoms with Crippen LogP contribution < -0.4 is 9.64 Å². The third-order valence-corrected chi connectivity index (χ3v) is 3.99. The van der Waals surface area contributed by atoms with Crippen molar-refractivity contribution < 1.29 is 19.4 Å². The van der Waals surface area contributed by atoms with Crippen LogP contribution in [0.5, 0.6) is 5.75 Å². The Morgan fingerprint density at radius 1 is 1.13 bits per heavy atom. The van der Waals surface area contributed by atoms with Gasteiger partial charge in [0.05, 0.1) is 26.0 Å². The summed E-state index contributed by atoms with van der Waals surface area (Å²) in [7, 11) is 1.51. The second-order valence-electron chi connectivity index (χ2n) is 5.31. The third-order valence-electron chi connectivity index (χ3n) is 3.99. The Morgan fingerprint density at radius 3 is 2.43 bits per heavy atom. The number of carboxylic acid groups (broad SMARTS) is 1. The fourth-order valence-electron chi connectivity index (χ4n) is 2.90. The van der Waals surface area contributed by atoms with E-state index >= 15 is 0 Å². The molecular formula is C18H19NO4. The minimum absolute atomic E-state index is 0.204. The van der Waals surface area contributed by atoms with Gasteiger partial charge >= 0.3 is 5.97 Å². The maximum Gasteiger partial charge on any atom is 0.341 e. The molecule has 1 aliphatic heterocycles. The van der Waals surface area contributed by atoms with E-state index < -0.39 is 5.97 Å². The van der Waals surface area contributed by atoms with Crippen LogP contribution >= 0.6 is 0 Å². The first-order valence-corrected chi connectivity index (χ1v) is 7.54. The molecule has 0 unspecified atom stereocenters. The van der Waals surface area contributed by atoms with Crippen LogP contribution in [0.3, 0.4) is 0 Å². The highest BCUT2D eigenvalue weighted by Gasteiger charge is 2.25. The predicted octanol–water partition coefficient (Wildman–Crippen LogP) is 2.90. The Hall–Kier alpha value is -2.53. The number of anilines is 1. The van der Waals surface area contributed by atoms with Crippen LogP contribution in [0.1, 0.15) is 10.4 Å². The van der Waals surface area contributed by atoms with Crippen LogP contribution in [-0.4, -0.2) is 44.5 Å². The van der Waals surface area contributed by atoms with Gasteiger partial charge in [-0.05, 0) is 17.7 Å². The van der Waals surface area contributed by atoms with E-state index in [1.54, 1.807) is 0 Å². The number of hydrogen-bond donors (Lipinski definition) is 1. The fraction of sp³-hybridized carbons (Fsp3) is 0.278. The van der Waals surface area contributed by atoms with E-state index in [1.807, 2.05) is 47.4 Å². The summed E-state index contributed by atoms with van der Waals surface area (Å²) in [5.41, 5.74) is 2.59. The van der Waals surface area contributed by atoms with Gasteiger partial charge in [0.2, 0.25) is 0 Å². The van der Waals surface area contributed by atoms with Crippen molar-refractivity contribution in [3.8, 4) is 16.9 Å². The smallest absolute Gasteiger partial charge is 0.341 e. The highest BCUT2D eigenvalue weighted by Crippen LogP contribution is 2.38. The van der Waals surface area contributed by atoms with E-state index in [0.29, 0.717) is 37.7 Å². The molecule has 5 nitrogen and oxygen atoms in total. The summed E-state index contributed by atoms with van der Waals surface area (Å²) in [6.45, 7) is 2.55. The number of carbonyl (C=O) groups is 1. The van der Waals surface area contributed by atoms with Gasteiger partial charge in [0, 0.05) is 18.7 Å². The van der Waals surface area contributed by atoms with E-state index in [2.05, 4.69) is 0 Å². The second-order valence-corrected chi connectivity index (χ2v) is 5.31. The number of aromatic carboxylic acids is 1. The first-order chi connectivity index (χ1) is 11.2. The number of rotatable bonds is 4. The standard InChI is InChI=1S/C18H19NO4/c1-22-17-14(13-5-3-2-4-6-13)7-8-15(16(17)18(20)21)19-9-11-23-12-10-19/h2-8H,9-12H2,1H3,(H,20,21). The van der Waals surface area contributed by atoms with Crippen molar-refractivity contribution in [1.29, 1.82) is 0 Å². The molecule has 2 aromatic carbocycles. The molecule has 0 amide bonds. The van der Waals surface area contributed by atoms with Gasteiger partial charge in [-0.15, -0.1) is 0 Å². The SMILES string of the molecule is COc1c(-c2ccccc2)ccc(N2CCOCC2)c1C(=O)O. The highest BCUT2D eigenvalue weighted by atomic mass is 16.5. The average Bonchev–Trinajstić information content (AvgIpc) is 2.61. The van der Waals surface area contributed by atoms with Gasteiger partial charge < -0.3 is 19.5 Å². The van der Waals surface area contributed by atoms with E-state index in [1.165, 1.54) is 7.11 Å². The topological polar surface area (TPSA) is 59.0 Å². The predicted molar refractivity (Wildman–Crippen MR) is 88.4 cm³/mol. The molecule has 1 heterocycles. The molecule has 1 saturated heterocycles. The van der Waals surface area contributed by atoms with Crippen molar-refractivity contribution in [2.24, 2.45) is 0 Å². The van der Waals surface area contributed by atoms with Crippen LogP contribution in [0.25, 0.3) is 11.1 Å². The molecule has 0 spiro atoms. The van der Waals surface area contributed by atoms with E-state index in [9.17, 15) is 9.90 Å². The number of carboxylic acids is 1. The molecule has 0 saturated carbocycles. The molecule has 0 aromatic heterocycles. The van der Waals surface area contributed by atoms with Crippen molar-refractivity contribution in [1.82, 2.24) is 0 Å². The van der Waals surface area contributed by atoms with Crippen molar-refractivity contribution in [2.45, 2.75) is 0 Å². The van der Waals surface area contributed by atoms with Gasteiger partial charge in [-0.25, -0.2) is 4.79 Å². The molecule has 23 heavy (non-hydrogen) atoms. The lowest BCUT2D eigenvalue weighted by Gasteiger charge is -2.30. The number of hydrogen-bond acceptors (Lipinski definition) is 4. The minimum atomic E-state index is -0.985. The summed E-state index contributed by atoms with van der Waals surface area (Å²) < 4.78 is 10.8. The molecule has 0 radical (unpaired) electrons. The van der Waals surface area contributed by atoms with Crippen LogP contribution in [0.15, 0.2) is 42.5 Å². The Labute approximate surface area is 135 Å². The normalized spacial score (nSPS) is 14.6. The maximum atomic E-state index is 11.9. The van der Waals surface area contributed by atoms with Crippen molar-refractivity contribution >= 4 is 11.7 Å². The second kappa shape index (κ2) is 6.71. The van der Waals surface area contributed by atoms with Gasteiger partial charge in [-0.3, -0.25) is 0 Å². The molecular weight excluding hydrogens is 294 g/mol. The molecule has 0 atom stereocenters. The van der Waals surface area contributed by atoms with Gasteiger partial charge in [0.15, 0.2) is 0 Å². The van der Waals surface area contributed by atoms with Crippen LogP contribution in [0, 0.1) is 0 Å². The Kier molecular flexibility index (Phi) is 4.48. The fourth-order valence-corrected chi connectivity index (χ4v) is 2.90. The van der Waals surface area contributed by atoms with Gasteiger partial charge in [0.1, 0.15) is 11.3 Å². The number of methoxy groups -OCH3 is 1. The Morgan fingerprint density at radius 2 is 1.83 bits per heavy atom. The largest absolute Gasteiger partial charge is 0.495 e. The highest BCUT2D eigenvalue weighted by molar-refractivity contribution is 6.00. The summed E-state index contributed by atoms with van der Waals surface area (Å²) in [6.07, 6.45) is 0. The third kappa shape index (κ3) is 3.00. The van der Waals surface area contributed by atoms with Crippen LogP contribution in [-0.2, 0) is 4.74 Å². The average molecular weight is 313 g/mol. The van der Waals surface area contributed by atoms with Gasteiger partial charge in [-0.2, -0.15) is 0 Å². The van der Waals surface area contributed by atoms with Gasteiger partial charge in [0.25, 0.3) is 0 Å². The number of nitrogens with zero attached hydrogens (tertiary/aromatic N) is 1. The monoisotopic (exact) mass is 313 g/mol. The maximum absolute atomic E-state index is 11.9. The lowest BCUT2D eigenvalue weighted by atomic mass is 9.99. The lowest BCUT2D eigenvalue weighted by Crippen LogP contribution is -2.37. The number of benzene rings is 2. The van der Waals surface area contributed by atoms with E-state index in [0.717, 1.165) is 11.1 Å². The molecule has 1 aliphatic rings. The molecule has 3 rings (SSSR count). The minimum Gasteiger partial charge on any atom is -0.495 e. The van der Waals surface area contributed by atoms with Crippen molar-refractivity contribution in [2.75, 3.05) is 38.3 Å². The molecule has 1 N–H and O–H groups in total. The molecule has 0 aliphatic carbocycles. The zero-order valence-corrected chi connectivity index (χ0v) is 13.0. The summed E-state index contributed by atoms with van der Waals surface area (Å²) >= 11 is 0. The van der Waals surface area contributed by atoms with Crippen molar-refractivity contribution in [3.05, 3.63) is 48.0 Å². The van der Waals surface area contributed by atoms with Crippen LogP contribution in [0.4, 0.5) is 5.69 Å². The zero-order valence-electron chi connectivity index (χ0n) is 13.0. The summed E-state index contributed by atoms with van der Waals surface area (Å²) in [5.74, 6) is -0.589. The molecule has 0 bridgehead atoms. The first kappa shape index (κ1) is 15.4. The quantitative estimate of drug-likeness (QED) is 0.940. The number of ether oxygens (including phenoxy) is 2. The van der Waals surface area contributed by atoms with Crippen molar-refractivity contribution in [3.63, 3.8) is 0 Å². The molecule has 120 valence electrons. The van der Waals surface area contributed by atoms with Crippen LogP contribution in [0.2, 0.25) is 0 Å². The molecule has 2 aromatic rings. The zero-order chi connectivity index (χ0) is 16.2. The number of morpholine rings is 1. The lowest BCUT2D eigenvalue weighted by molar-refractivity contribution is 0.0693. The molecule has 5 heteroatoms. The Bertz CT molecular complexity index is 694. The van der Waals surface area contributed by atoms with Gasteiger partial charge in [-0.1, -0.05) is 30.3 Å². The summed E-state index contributed by atoms with van der Waals surface area (Å²) in [4.78, 5) is 13.9. The molecule has 1 fully saturated rings.